The van der Waals surface area contributed by atoms with Crippen molar-refractivity contribution < 1.29 is 9.90 Å². The van der Waals surface area contributed by atoms with E-state index in [9.17, 15) is 4.79 Å². The maximum absolute atomic E-state index is 11.0. The number of fused-ring (bicyclic) bond motifs is 1. The Bertz CT molecular complexity index is 863. The Morgan fingerprint density at radius 3 is 2.52 bits per heavy atom. The Labute approximate surface area is 122 Å². The van der Waals surface area contributed by atoms with E-state index in [2.05, 4.69) is 37.9 Å². The SMILES string of the molecule is Cc1cc(C)c(-c2cn3ccc(C(=O)O)cc3n2)cc1C. The second kappa shape index (κ2) is 4.74. The third-order valence-corrected chi connectivity index (χ3v) is 3.82. The molecule has 106 valence electrons. The van der Waals surface area contributed by atoms with E-state index in [1.807, 2.05) is 10.6 Å². The molecule has 0 aliphatic carbocycles. The number of carboxylic acid groups (broad SMARTS) is 1. The first-order chi connectivity index (χ1) is 9.95. The summed E-state index contributed by atoms with van der Waals surface area (Å²) in [6, 6.07) is 7.44. The van der Waals surface area contributed by atoms with E-state index in [1.165, 1.54) is 16.7 Å². The van der Waals surface area contributed by atoms with Crippen LogP contribution in [-0.4, -0.2) is 20.5 Å². The van der Waals surface area contributed by atoms with Gasteiger partial charge in [-0.2, -0.15) is 0 Å². The predicted octanol–water partition coefficient (Wildman–Crippen LogP) is 3.62. The lowest BCUT2D eigenvalue weighted by Gasteiger charge is -2.07. The van der Waals surface area contributed by atoms with Crippen molar-refractivity contribution in [1.82, 2.24) is 9.38 Å². The van der Waals surface area contributed by atoms with Crippen LogP contribution >= 0.6 is 0 Å². The normalized spacial score (nSPS) is 11.0. The van der Waals surface area contributed by atoms with Crippen LogP contribution in [0.15, 0.2) is 36.7 Å². The minimum atomic E-state index is -0.940. The predicted molar refractivity (Wildman–Crippen MR) is 81.8 cm³/mol. The molecule has 21 heavy (non-hydrogen) atoms. The van der Waals surface area contributed by atoms with Gasteiger partial charge in [0.25, 0.3) is 0 Å². The second-order valence-electron chi connectivity index (χ2n) is 5.36. The van der Waals surface area contributed by atoms with Gasteiger partial charge in [0, 0.05) is 18.0 Å². The van der Waals surface area contributed by atoms with Crippen LogP contribution in [0.2, 0.25) is 0 Å². The molecule has 4 heteroatoms. The molecule has 2 heterocycles. The molecule has 1 N–H and O–H groups in total. The van der Waals surface area contributed by atoms with Crippen molar-refractivity contribution in [3.63, 3.8) is 0 Å². The van der Waals surface area contributed by atoms with Gasteiger partial charge in [0.2, 0.25) is 0 Å². The molecule has 1 aromatic carbocycles. The standard InChI is InChI=1S/C17H16N2O2/c1-10-6-12(3)14(7-11(10)2)15-9-19-5-4-13(17(20)21)8-16(19)18-15/h4-9H,1-3H3,(H,20,21). The first kappa shape index (κ1) is 13.4. The summed E-state index contributed by atoms with van der Waals surface area (Å²) in [5.74, 6) is -0.940. The molecule has 0 saturated heterocycles. The Morgan fingerprint density at radius 2 is 1.81 bits per heavy atom. The number of carbonyl (C=O) groups is 1. The monoisotopic (exact) mass is 280 g/mol. The Kier molecular flexibility index (Phi) is 3.01. The molecule has 3 aromatic rings. The first-order valence-electron chi connectivity index (χ1n) is 6.76. The molecule has 0 radical (unpaired) electrons. The zero-order valence-corrected chi connectivity index (χ0v) is 12.2. The van der Waals surface area contributed by atoms with Crippen LogP contribution < -0.4 is 0 Å². The summed E-state index contributed by atoms with van der Waals surface area (Å²) in [5.41, 5.74) is 6.47. The second-order valence-corrected chi connectivity index (χ2v) is 5.36. The number of aryl methyl sites for hydroxylation is 3. The van der Waals surface area contributed by atoms with Gasteiger partial charge in [-0.05, 0) is 55.7 Å². The number of aromatic carboxylic acids is 1. The number of benzene rings is 1. The van der Waals surface area contributed by atoms with Crippen LogP contribution in [-0.2, 0) is 0 Å². The van der Waals surface area contributed by atoms with Crippen LogP contribution in [0.4, 0.5) is 0 Å². The van der Waals surface area contributed by atoms with Gasteiger partial charge in [0.15, 0.2) is 0 Å². The van der Waals surface area contributed by atoms with Gasteiger partial charge in [0.1, 0.15) is 5.65 Å². The fourth-order valence-corrected chi connectivity index (χ4v) is 2.48. The largest absolute Gasteiger partial charge is 0.478 e. The smallest absolute Gasteiger partial charge is 0.335 e. The zero-order valence-electron chi connectivity index (χ0n) is 12.2. The van der Waals surface area contributed by atoms with Crippen molar-refractivity contribution >= 4 is 11.6 Å². The van der Waals surface area contributed by atoms with Crippen molar-refractivity contribution in [2.24, 2.45) is 0 Å². The average molecular weight is 280 g/mol. The van der Waals surface area contributed by atoms with Crippen molar-refractivity contribution in [3.8, 4) is 11.3 Å². The molecular weight excluding hydrogens is 264 g/mol. The number of hydrogen-bond acceptors (Lipinski definition) is 2. The summed E-state index contributed by atoms with van der Waals surface area (Å²) in [6.07, 6.45) is 3.66. The van der Waals surface area contributed by atoms with Gasteiger partial charge in [0.05, 0.1) is 11.3 Å². The highest BCUT2D eigenvalue weighted by atomic mass is 16.4. The Balaban J connectivity index is 2.17. The third kappa shape index (κ3) is 2.29. The summed E-state index contributed by atoms with van der Waals surface area (Å²) < 4.78 is 1.84. The van der Waals surface area contributed by atoms with Crippen LogP contribution in [0.3, 0.4) is 0 Å². The van der Waals surface area contributed by atoms with E-state index in [4.69, 9.17) is 5.11 Å². The topological polar surface area (TPSA) is 54.6 Å². The number of carboxylic acids is 1. The van der Waals surface area contributed by atoms with Gasteiger partial charge in [-0.15, -0.1) is 0 Å². The molecule has 0 amide bonds. The summed E-state index contributed by atoms with van der Waals surface area (Å²) in [6.45, 7) is 6.24. The highest BCUT2D eigenvalue weighted by molar-refractivity contribution is 5.88. The molecule has 2 aromatic heterocycles. The van der Waals surface area contributed by atoms with E-state index in [0.717, 1.165) is 11.3 Å². The van der Waals surface area contributed by atoms with Crippen LogP contribution in [0.5, 0.6) is 0 Å². The number of pyridine rings is 1. The number of aromatic nitrogens is 2. The van der Waals surface area contributed by atoms with Crippen molar-refractivity contribution in [2.75, 3.05) is 0 Å². The molecule has 0 aliphatic heterocycles. The number of rotatable bonds is 2. The summed E-state index contributed by atoms with van der Waals surface area (Å²) in [4.78, 5) is 15.6. The molecule has 0 saturated carbocycles. The summed E-state index contributed by atoms with van der Waals surface area (Å²) in [5, 5.41) is 9.04. The van der Waals surface area contributed by atoms with Gasteiger partial charge in [-0.1, -0.05) is 6.07 Å². The van der Waals surface area contributed by atoms with Gasteiger partial charge >= 0.3 is 5.97 Å². The molecular formula is C17H16N2O2. The molecule has 0 spiro atoms. The fourth-order valence-electron chi connectivity index (χ4n) is 2.48. The lowest BCUT2D eigenvalue weighted by molar-refractivity contribution is 0.0697. The average Bonchev–Trinajstić information content (AvgIpc) is 2.85. The molecule has 4 nitrogen and oxygen atoms in total. The van der Waals surface area contributed by atoms with Crippen molar-refractivity contribution in [1.29, 1.82) is 0 Å². The lowest BCUT2D eigenvalue weighted by atomic mass is 9.99. The molecule has 0 fully saturated rings. The maximum Gasteiger partial charge on any atom is 0.335 e. The van der Waals surface area contributed by atoms with E-state index >= 15 is 0 Å². The molecule has 3 rings (SSSR count). The minimum absolute atomic E-state index is 0.247. The van der Waals surface area contributed by atoms with Crippen molar-refractivity contribution in [2.45, 2.75) is 20.8 Å². The number of hydrogen-bond donors (Lipinski definition) is 1. The lowest BCUT2D eigenvalue weighted by Crippen LogP contribution is -1.96. The summed E-state index contributed by atoms with van der Waals surface area (Å²) in [7, 11) is 0. The van der Waals surface area contributed by atoms with Crippen molar-refractivity contribution in [3.05, 3.63) is 58.9 Å². The van der Waals surface area contributed by atoms with Crippen LogP contribution in [0.1, 0.15) is 27.0 Å². The molecule has 0 atom stereocenters. The van der Waals surface area contributed by atoms with E-state index in [-0.39, 0.29) is 5.56 Å². The highest BCUT2D eigenvalue weighted by Gasteiger charge is 2.10. The number of nitrogens with zero attached hydrogens (tertiary/aromatic N) is 2. The summed E-state index contributed by atoms with van der Waals surface area (Å²) >= 11 is 0. The minimum Gasteiger partial charge on any atom is -0.478 e. The van der Waals surface area contributed by atoms with E-state index in [0.29, 0.717) is 5.65 Å². The molecule has 0 bridgehead atoms. The quantitative estimate of drug-likeness (QED) is 0.780. The maximum atomic E-state index is 11.0. The van der Waals surface area contributed by atoms with E-state index < -0.39 is 5.97 Å². The number of imidazole rings is 1. The molecule has 0 aliphatic rings. The van der Waals surface area contributed by atoms with Gasteiger partial charge in [-0.25, -0.2) is 9.78 Å². The Hall–Kier alpha value is -2.62. The molecule has 0 unspecified atom stereocenters. The highest BCUT2D eigenvalue weighted by Crippen LogP contribution is 2.26. The van der Waals surface area contributed by atoms with Crippen LogP contribution in [0, 0.1) is 20.8 Å². The first-order valence-corrected chi connectivity index (χ1v) is 6.76. The zero-order chi connectivity index (χ0) is 15.1. The fraction of sp³-hybridized carbons (Fsp3) is 0.176. The van der Waals surface area contributed by atoms with Crippen LogP contribution in [0.25, 0.3) is 16.9 Å². The third-order valence-electron chi connectivity index (χ3n) is 3.82. The van der Waals surface area contributed by atoms with Gasteiger partial charge in [-0.3, -0.25) is 0 Å². The van der Waals surface area contributed by atoms with Gasteiger partial charge < -0.3 is 9.51 Å². The van der Waals surface area contributed by atoms with E-state index in [1.54, 1.807) is 18.3 Å². The Morgan fingerprint density at radius 1 is 1.10 bits per heavy atom.